The van der Waals surface area contributed by atoms with Crippen molar-refractivity contribution >= 4 is 29.0 Å². The summed E-state index contributed by atoms with van der Waals surface area (Å²) in [4.78, 5) is 30.9. The quantitative estimate of drug-likeness (QED) is 0.647. The predicted molar refractivity (Wildman–Crippen MR) is 103 cm³/mol. The minimum atomic E-state index is -0.616. The molecule has 1 atom stereocenters. The van der Waals surface area contributed by atoms with Gasteiger partial charge in [0.05, 0.1) is 5.71 Å². The second-order valence-electron chi connectivity index (χ2n) is 6.51. The molecule has 3 rings (SSSR count). The minimum absolute atomic E-state index is 0.121. The third-order valence-electron chi connectivity index (χ3n) is 4.31. The van der Waals surface area contributed by atoms with Crippen LogP contribution in [0.25, 0.3) is 0 Å². The number of carbonyl (C=O) groups excluding carboxylic acids is 2. The molecule has 0 spiro atoms. The maximum absolute atomic E-state index is 12.7. The van der Waals surface area contributed by atoms with Crippen molar-refractivity contribution in [1.29, 1.82) is 0 Å². The predicted octanol–water partition coefficient (Wildman–Crippen LogP) is 2.31. The third-order valence-corrected chi connectivity index (χ3v) is 4.31. The third kappa shape index (κ3) is 4.52. The maximum atomic E-state index is 12.7. The Balaban J connectivity index is 1.65. The lowest BCUT2D eigenvalue weighted by atomic mass is 10.1. The lowest BCUT2D eigenvalue weighted by Gasteiger charge is -2.29. The van der Waals surface area contributed by atoms with E-state index in [0.29, 0.717) is 30.2 Å². The first kappa shape index (κ1) is 18.6. The van der Waals surface area contributed by atoms with Gasteiger partial charge in [-0.3, -0.25) is 19.2 Å². The first-order valence-electron chi connectivity index (χ1n) is 8.83. The van der Waals surface area contributed by atoms with Crippen LogP contribution >= 0.6 is 0 Å². The molecule has 0 aliphatic carbocycles. The molecule has 1 unspecified atom stereocenters. The number of rotatable bonds is 5. The van der Waals surface area contributed by atoms with Gasteiger partial charge in [-0.2, -0.15) is 5.10 Å². The second-order valence-corrected chi connectivity index (χ2v) is 6.51. The van der Waals surface area contributed by atoms with Gasteiger partial charge in [0.15, 0.2) is 5.82 Å². The topological polar surface area (TPSA) is 88.8 Å². The van der Waals surface area contributed by atoms with Gasteiger partial charge in [-0.1, -0.05) is 17.3 Å². The number of piperidine rings is 1. The lowest BCUT2D eigenvalue weighted by Crippen LogP contribution is -2.45. The van der Waals surface area contributed by atoms with E-state index in [1.165, 1.54) is 6.92 Å². The van der Waals surface area contributed by atoms with E-state index in [0.717, 1.165) is 12.0 Å². The van der Waals surface area contributed by atoms with E-state index in [1.54, 1.807) is 27.9 Å². The van der Waals surface area contributed by atoms with Crippen LogP contribution in [0.1, 0.15) is 32.3 Å². The van der Waals surface area contributed by atoms with Crippen molar-refractivity contribution in [3.8, 4) is 0 Å². The molecule has 2 amide bonds. The molecular formula is C19H23N5O3. The highest BCUT2D eigenvalue weighted by Crippen LogP contribution is 2.21. The van der Waals surface area contributed by atoms with Crippen LogP contribution in [-0.2, 0) is 21.5 Å². The fourth-order valence-electron chi connectivity index (χ4n) is 2.91. The largest absolute Gasteiger partial charge is 0.382 e. The molecule has 1 N–H and O–H groups in total. The Morgan fingerprint density at radius 3 is 2.63 bits per heavy atom. The van der Waals surface area contributed by atoms with Crippen molar-refractivity contribution in [2.75, 3.05) is 16.8 Å². The summed E-state index contributed by atoms with van der Waals surface area (Å²) in [6, 6.07) is 9.09. The molecule has 2 heterocycles. The molecule has 142 valence electrons. The van der Waals surface area contributed by atoms with Gasteiger partial charge in [-0.25, -0.2) is 0 Å². The van der Waals surface area contributed by atoms with Gasteiger partial charge < -0.3 is 10.2 Å². The number of benzene rings is 1. The van der Waals surface area contributed by atoms with Crippen LogP contribution in [0.4, 0.5) is 11.5 Å². The van der Waals surface area contributed by atoms with E-state index in [2.05, 4.69) is 15.6 Å². The molecular weight excluding hydrogens is 346 g/mol. The standard InChI is InChI=1S/C19H23N5O3/c1-13(15-6-8-16(9-7-15)20-14(2)25)22-27-17-5-4-11-24(19(17)26)18-10-12-23(3)21-18/h6-10,12,17H,4-5,11H2,1-3H3,(H,20,25)/b22-13+. The average Bonchev–Trinajstić information content (AvgIpc) is 3.07. The van der Waals surface area contributed by atoms with Crippen LogP contribution in [0.2, 0.25) is 0 Å². The molecule has 8 heteroatoms. The highest BCUT2D eigenvalue weighted by atomic mass is 16.6. The normalized spacial score (nSPS) is 17.7. The number of nitrogens with one attached hydrogen (secondary N) is 1. The Kier molecular flexibility index (Phi) is 5.54. The van der Waals surface area contributed by atoms with Crippen LogP contribution in [0.15, 0.2) is 41.7 Å². The Morgan fingerprint density at radius 1 is 1.26 bits per heavy atom. The summed E-state index contributed by atoms with van der Waals surface area (Å²) < 4.78 is 1.67. The van der Waals surface area contributed by atoms with Crippen molar-refractivity contribution in [2.24, 2.45) is 12.2 Å². The summed E-state index contributed by atoms with van der Waals surface area (Å²) >= 11 is 0. The summed E-state index contributed by atoms with van der Waals surface area (Å²) in [5.74, 6) is 0.382. The smallest absolute Gasteiger partial charge is 0.272 e. The molecule has 8 nitrogen and oxygen atoms in total. The van der Waals surface area contributed by atoms with Crippen LogP contribution in [0.3, 0.4) is 0 Å². The fraction of sp³-hybridized carbons (Fsp3) is 0.368. The SMILES string of the molecule is CC(=O)Nc1ccc(/C(C)=N/OC2CCCN(c3ccn(C)n3)C2=O)cc1. The summed E-state index contributed by atoms with van der Waals surface area (Å²) in [6.45, 7) is 3.91. The molecule has 0 radical (unpaired) electrons. The van der Waals surface area contributed by atoms with Crippen molar-refractivity contribution < 1.29 is 14.4 Å². The van der Waals surface area contributed by atoms with Gasteiger partial charge in [-0.15, -0.1) is 0 Å². The number of anilines is 2. The lowest BCUT2D eigenvalue weighted by molar-refractivity contribution is -0.132. The van der Waals surface area contributed by atoms with E-state index in [4.69, 9.17) is 4.84 Å². The van der Waals surface area contributed by atoms with E-state index in [-0.39, 0.29) is 11.8 Å². The molecule has 0 bridgehead atoms. The molecule has 1 aromatic heterocycles. The number of hydrogen-bond acceptors (Lipinski definition) is 5. The molecule has 27 heavy (non-hydrogen) atoms. The number of nitrogens with zero attached hydrogens (tertiary/aromatic N) is 4. The number of oxime groups is 1. The van der Waals surface area contributed by atoms with E-state index >= 15 is 0 Å². The zero-order valence-electron chi connectivity index (χ0n) is 15.7. The van der Waals surface area contributed by atoms with E-state index < -0.39 is 6.10 Å². The van der Waals surface area contributed by atoms with Crippen molar-refractivity contribution in [3.05, 3.63) is 42.1 Å². The minimum Gasteiger partial charge on any atom is -0.382 e. The molecule has 1 aliphatic rings. The van der Waals surface area contributed by atoms with Gasteiger partial charge >= 0.3 is 0 Å². The Labute approximate surface area is 157 Å². The van der Waals surface area contributed by atoms with E-state index in [1.807, 2.05) is 32.2 Å². The van der Waals surface area contributed by atoms with Crippen LogP contribution < -0.4 is 10.2 Å². The average molecular weight is 369 g/mol. The number of carbonyl (C=O) groups is 2. The summed E-state index contributed by atoms with van der Waals surface area (Å²) in [5, 5.41) is 11.2. The highest BCUT2D eigenvalue weighted by molar-refractivity contribution is 5.99. The van der Waals surface area contributed by atoms with Gasteiger partial charge in [0.1, 0.15) is 0 Å². The number of amides is 2. The van der Waals surface area contributed by atoms with E-state index in [9.17, 15) is 9.59 Å². The number of aryl methyl sites for hydroxylation is 1. The molecule has 0 saturated carbocycles. The molecule has 1 fully saturated rings. The molecule has 1 saturated heterocycles. The molecule has 1 aliphatic heterocycles. The van der Waals surface area contributed by atoms with Crippen molar-refractivity contribution in [2.45, 2.75) is 32.8 Å². The Hall–Kier alpha value is -3.16. The van der Waals surface area contributed by atoms with Gasteiger partial charge in [-0.05, 0) is 37.5 Å². The van der Waals surface area contributed by atoms with Gasteiger partial charge in [0.25, 0.3) is 5.91 Å². The molecule has 1 aromatic carbocycles. The Morgan fingerprint density at radius 2 is 2.00 bits per heavy atom. The second kappa shape index (κ2) is 8.03. The van der Waals surface area contributed by atoms with Crippen LogP contribution in [0, 0.1) is 0 Å². The monoisotopic (exact) mass is 369 g/mol. The van der Waals surface area contributed by atoms with Gasteiger partial charge in [0, 0.05) is 38.5 Å². The van der Waals surface area contributed by atoms with Crippen molar-refractivity contribution in [3.63, 3.8) is 0 Å². The zero-order valence-corrected chi connectivity index (χ0v) is 15.7. The summed E-state index contributed by atoms with van der Waals surface area (Å²) in [7, 11) is 1.82. The van der Waals surface area contributed by atoms with Gasteiger partial charge in [0.2, 0.25) is 12.0 Å². The summed E-state index contributed by atoms with van der Waals surface area (Å²) in [5.41, 5.74) is 2.23. The van der Waals surface area contributed by atoms with Crippen LogP contribution in [-0.4, -0.2) is 40.0 Å². The Bertz CT molecular complexity index is 856. The zero-order chi connectivity index (χ0) is 19.4. The van der Waals surface area contributed by atoms with Crippen LogP contribution in [0.5, 0.6) is 0 Å². The number of aromatic nitrogens is 2. The maximum Gasteiger partial charge on any atom is 0.272 e. The number of hydrogen-bond donors (Lipinski definition) is 1. The first-order chi connectivity index (χ1) is 12.9. The molecule has 2 aromatic rings. The first-order valence-corrected chi connectivity index (χ1v) is 8.83. The highest BCUT2D eigenvalue weighted by Gasteiger charge is 2.32. The van der Waals surface area contributed by atoms with Crippen molar-refractivity contribution in [1.82, 2.24) is 9.78 Å². The fourth-order valence-corrected chi connectivity index (χ4v) is 2.91. The summed E-state index contributed by atoms with van der Waals surface area (Å²) in [6.07, 6.45) is 2.64.